The molecule has 0 fully saturated rings. The first kappa shape index (κ1) is 10.5. The Hall–Kier alpha value is 0.510. The summed E-state index contributed by atoms with van der Waals surface area (Å²) >= 11 is 1.93. The fourth-order valence-corrected chi connectivity index (χ4v) is 1.25. The van der Waals surface area contributed by atoms with Crippen LogP contribution < -0.4 is 4.72 Å². The van der Waals surface area contributed by atoms with E-state index in [1.165, 1.54) is 9.12 Å². The quantitative estimate of drug-likeness (QED) is 0.599. The summed E-state index contributed by atoms with van der Waals surface area (Å²) in [5.74, 6) is -0.349. The SMILES string of the molecule is CC(C)[C@H](O)C(=O)NSI. The van der Waals surface area contributed by atoms with E-state index < -0.39 is 6.10 Å². The second-order valence-corrected chi connectivity index (χ2v) is 3.91. The third kappa shape index (κ3) is 3.62. The number of aliphatic hydroxyl groups is 1. The number of amides is 1. The molecule has 0 aliphatic heterocycles. The summed E-state index contributed by atoms with van der Waals surface area (Å²) in [6, 6.07) is 0. The molecule has 1 atom stereocenters. The van der Waals surface area contributed by atoms with Gasteiger partial charge in [-0.2, -0.15) is 0 Å². The van der Waals surface area contributed by atoms with Crippen molar-refractivity contribution in [2.24, 2.45) is 5.92 Å². The topological polar surface area (TPSA) is 49.3 Å². The van der Waals surface area contributed by atoms with Crippen molar-refractivity contribution >= 4 is 36.2 Å². The molecule has 0 bridgehead atoms. The number of halogens is 1. The fourth-order valence-electron chi connectivity index (χ4n) is 0.401. The van der Waals surface area contributed by atoms with Crippen LogP contribution in [0.5, 0.6) is 0 Å². The highest BCUT2D eigenvalue weighted by molar-refractivity contribution is 14.2. The predicted molar refractivity (Wildman–Crippen MR) is 50.6 cm³/mol. The number of hydrogen-bond acceptors (Lipinski definition) is 3. The van der Waals surface area contributed by atoms with Crippen molar-refractivity contribution in [3.05, 3.63) is 0 Å². The molecule has 0 heterocycles. The normalized spacial score (nSPS) is 13.3. The number of rotatable bonds is 3. The Morgan fingerprint density at radius 1 is 1.70 bits per heavy atom. The molecule has 3 nitrogen and oxygen atoms in total. The van der Waals surface area contributed by atoms with Crippen LogP contribution in [0, 0.1) is 5.92 Å². The van der Waals surface area contributed by atoms with Gasteiger partial charge in [-0.1, -0.05) is 13.8 Å². The van der Waals surface area contributed by atoms with Crippen molar-refractivity contribution in [3.63, 3.8) is 0 Å². The van der Waals surface area contributed by atoms with Gasteiger partial charge in [0.05, 0.1) is 0 Å². The van der Waals surface area contributed by atoms with E-state index in [0.717, 1.165) is 0 Å². The molecule has 0 aromatic rings. The average molecular weight is 275 g/mol. The summed E-state index contributed by atoms with van der Waals surface area (Å²) < 4.78 is 2.44. The maximum Gasteiger partial charge on any atom is 0.259 e. The predicted octanol–water partition coefficient (Wildman–Crippen LogP) is 1.12. The maximum absolute atomic E-state index is 10.8. The van der Waals surface area contributed by atoms with Crippen molar-refractivity contribution < 1.29 is 9.90 Å². The number of carbonyl (C=O) groups is 1. The van der Waals surface area contributed by atoms with Crippen LogP contribution in [0.15, 0.2) is 0 Å². The van der Waals surface area contributed by atoms with Crippen molar-refractivity contribution in [1.29, 1.82) is 0 Å². The first-order valence-electron chi connectivity index (χ1n) is 2.85. The monoisotopic (exact) mass is 275 g/mol. The van der Waals surface area contributed by atoms with Gasteiger partial charge < -0.3 is 5.11 Å². The minimum atomic E-state index is -0.887. The zero-order chi connectivity index (χ0) is 8.15. The lowest BCUT2D eigenvalue weighted by molar-refractivity contribution is -0.129. The molecule has 0 unspecified atom stereocenters. The van der Waals surface area contributed by atoms with Gasteiger partial charge in [0.15, 0.2) is 0 Å². The average Bonchev–Trinajstić information content (AvgIpc) is 1.87. The van der Waals surface area contributed by atoms with Crippen LogP contribution in [-0.2, 0) is 4.79 Å². The number of carbonyl (C=O) groups excluding carboxylic acids is 1. The Balaban J connectivity index is 3.71. The highest BCUT2D eigenvalue weighted by Crippen LogP contribution is 2.07. The first-order valence-corrected chi connectivity index (χ1v) is 6.21. The van der Waals surface area contributed by atoms with Gasteiger partial charge in [0.2, 0.25) is 0 Å². The molecule has 0 rings (SSSR count). The molecule has 0 aliphatic carbocycles. The summed E-state index contributed by atoms with van der Waals surface area (Å²) in [7, 11) is 1.17. The van der Waals surface area contributed by atoms with E-state index in [2.05, 4.69) is 4.72 Å². The molecule has 2 N–H and O–H groups in total. The van der Waals surface area contributed by atoms with Gasteiger partial charge >= 0.3 is 0 Å². The van der Waals surface area contributed by atoms with Gasteiger partial charge in [-0.05, 0) is 5.92 Å². The van der Waals surface area contributed by atoms with E-state index in [0.29, 0.717) is 0 Å². The largest absolute Gasteiger partial charge is 0.383 e. The molecular weight excluding hydrogens is 265 g/mol. The smallest absolute Gasteiger partial charge is 0.259 e. The van der Waals surface area contributed by atoms with Crippen LogP contribution in [0.3, 0.4) is 0 Å². The lowest BCUT2D eigenvalue weighted by Gasteiger charge is -2.11. The van der Waals surface area contributed by atoms with Crippen LogP contribution in [-0.4, -0.2) is 17.1 Å². The van der Waals surface area contributed by atoms with E-state index >= 15 is 0 Å². The van der Waals surface area contributed by atoms with E-state index in [1.54, 1.807) is 13.8 Å². The molecule has 0 aromatic heterocycles. The van der Waals surface area contributed by atoms with Crippen LogP contribution in [0.2, 0.25) is 0 Å². The first-order chi connectivity index (χ1) is 4.59. The van der Waals surface area contributed by atoms with Crippen molar-refractivity contribution in [3.8, 4) is 0 Å². The molecule has 0 saturated heterocycles. The third-order valence-electron chi connectivity index (χ3n) is 1.04. The Morgan fingerprint density at radius 3 is 2.50 bits per heavy atom. The lowest BCUT2D eigenvalue weighted by atomic mass is 10.1. The van der Waals surface area contributed by atoms with Gasteiger partial charge in [0.25, 0.3) is 5.91 Å². The van der Waals surface area contributed by atoms with E-state index in [-0.39, 0.29) is 11.8 Å². The standard InChI is InChI=1S/C5H10INO2S/c1-3(2)4(8)5(9)7-10-6/h3-4,8H,1-2H3,(H,7,9)/t4-/m0/s1. The van der Waals surface area contributed by atoms with Crippen molar-refractivity contribution in [2.75, 3.05) is 0 Å². The summed E-state index contributed by atoms with van der Waals surface area (Å²) in [4.78, 5) is 10.8. The second-order valence-electron chi connectivity index (χ2n) is 2.23. The van der Waals surface area contributed by atoms with Gasteiger partial charge in [-0.15, -0.1) is 0 Å². The number of nitrogens with one attached hydrogen (secondary N) is 1. The maximum atomic E-state index is 10.8. The van der Waals surface area contributed by atoms with Crippen LogP contribution in [0.1, 0.15) is 13.8 Å². The summed E-state index contributed by atoms with van der Waals surface area (Å²) in [6.45, 7) is 3.59. The minimum absolute atomic E-state index is 0.0245. The number of hydrogen-bond donors (Lipinski definition) is 2. The lowest BCUT2D eigenvalue weighted by Crippen LogP contribution is -2.33. The Labute approximate surface area is 76.7 Å². The molecule has 0 aliphatic rings. The van der Waals surface area contributed by atoms with Crippen molar-refractivity contribution in [1.82, 2.24) is 4.72 Å². The molecule has 1 amide bonds. The molecular formula is C5H10INO2S. The second kappa shape index (κ2) is 5.20. The molecule has 10 heavy (non-hydrogen) atoms. The van der Waals surface area contributed by atoms with Gasteiger partial charge in [-0.3, -0.25) is 9.52 Å². The third-order valence-corrected chi connectivity index (χ3v) is 1.98. The molecule has 0 aromatic carbocycles. The summed E-state index contributed by atoms with van der Waals surface area (Å²) in [5, 5.41) is 9.10. The summed E-state index contributed by atoms with van der Waals surface area (Å²) in [6.07, 6.45) is -0.887. The number of aliphatic hydroxyl groups excluding tert-OH is 1. The summed E-state index contributed by atoms with van der Waals surface area (Å²) in [5.41, 5.74) is 0. The molecule has 60 valence electrons. The van der Waals surface area contributed by atoms with E-state index in [1.807, 2.05) is 21.2 Å². The van der Waals surface area contributed by atoms with Gasteiger partial charge in [0.1, 0.15) is 6.10 Å². The highest BCUT2D eigenvalue weighted by atomic mass is 127. The van der Waals surface area contributed by atoms with E-state index in [4.69, 9.17) is 5.11 Å². The van der Waals surface area contributed by atoms with Crippen LogP contribution in [0.4, 0.5) is 0 Å². The van der Waals surface area contributed by atoms with Crippen LogP contribution in [0.25, 0.3) is 0 Å². The Kier molecular flexibility index (Phi) is 5.46. The van der Waals surface area contributed by atoms with E-state index in [9.17, 15) is 4.79 Å². The van der Waals surface area contributed by atoms with Gasteiger partial charge in [0, 0.05) is 30.3 Å². The van der Waals surface area contributed by atoms with Crippen LogP contribution >= 0.6 is 30.3 Å². The Morgan fingerprint density at radius 2 is 2.20 bits per heavy atom. The zero-order valence-electron chi connectivity index (χ0n) is 5.80. The molecule has 5 heteroatoms. The molecule has 0 saturated carbocycles. The van der Waals surface area contributed by atoms with Gasteiger partial charge in [-0.25, -0.2) is 0 Å². The highest BCUT2D eigenvalue weighted by Gasteiger charge is 2.17. The minimum Gasteiger partial charge on any atom is -0.383 e. The molecule has 0 radical (unpaired) electrons. The van der Waals surface area contributed by atoms with Crippen molar-refractivity contribution in [2.45, 2.75) is 20.0 Å². The Bertz CT molecular complexity index is 120. The molecule has 0 spiro atoms. The fraction of sp³-hybridized carbons (Fsp3) is 0.800. The zero-order valence-corrected chi connectivity index (χ0v) is 8.77.